The first-order valence-corrected chi connectivity index (χ1v) is 4.79. The SMILES string of the molecule is CC=C(CC)C(=O)c1nccnc1OC. The average Bonchev–Trinajstić information content (AvgIpc) is 2.30. The van der Waals surface area contributed by atoms with Gasteiger partial charge >= 0.3 is 0 Å². The van der Waals surface area contributed by atoms with Crippen LogP contribution in [0.15, 0.2) is 24.0 Å². The van der Waals surface area contributed by atoms with Crippen LogP contribution in [0, 0.1) is 0 Å². The number of nitrogens with zero attached hydrogens (tertiary/aromatic N) is 2. The van der Waals surface area contributed by atoms with E-state index >= 15 is 0 Å². The molecule has 0 aliphatic heterocycles. The molecule has 1 aromatic heterocycles. The maximum absolute atomic E-state index is 11.9. The van der Waals surface area contributed by atoms with Crippen molar-refractivity contribution in [1.29, 1.82) is 0 Å². The highest BCUT2D eigenvalue weighted by atomic mass is 16.5. The normalized spacial score (nSPS) is 11.3. The number of aromatic nitrogens is 2. The second-order valence-corrected chi connectivity index (χ2v) is 2.91. The van der Waals surface area contributed by atoms with Crippen molar-refractivity contribution in [2.45, 2.75) is 20.3 Å². The number of carbonyl (C=O) groups excluding carboxylic acids is 1. The Morgan fingerprint density at radius 2 is 2.13 bits per heavy atom. The summed E-state index contributed by atoms with van der Waals surface area (Å²) >= 11 is 0. The van der Waals surface area contributed by atoms with Gasteiger partial charge in [0, 0.05) is 12.4 Å². The van der Waals surface area contributed by atoms with Gasteiger partial charge in [-0.15, -0.1) is 0 Å². The van der Waals surface area contributed by atoms with E-state index in [-0.39, 0.29) is 17.4 Å². The zero-order valence-corrected chi connectivity index (χ0v) is 9.15. The van der Waals surface area contributed by atoms with Gasteiger partial charge in [-0.3, -0.25) is 4.79 Å². The van der Waals surface area contributed by atoms with Gasteiger partial charge < -0.3 is 4.74 Å². The third kappa shape index (κ3) is 2.40. The van der Waals surface area contributed by atoms with Crippen LogP contribution < -0.4 is 4.74 Å². The Labute approximate surface area is 89.0 Å². The molecule has 15 heavy (non-hydrogen) atoms. The van der Waals surface area contributed by atoms with E-state index in [0.717, 1.165) is 0 Å². The number of Topliss-reactive ketones (excluding diaryl/α,β-unsaturated/α-hetero) is 1. The quantitative estimate of drug-likeness (QED) is 0.558. The van der Waals surface area contributed by atoms with Crippen LogP contribution >= 0.6 is 0 Å². The molecule has 0 radical (unpaired) electrons. The molecule has 0 fully saturated rings. The molecule has 0 atom stereocenters. The van der Waals surface area contributed by atoms with Gasteiger partial charge in [0.25, 0.3) is 0 Å². The van der Waals surface area contributed by atoms with E-state index in [2.05, 4.69) is 9.97 Å². The summed E-state index contributed by atoms with van der Waals surface area (Å²) in [5.41, 5.74) is 0.990. The van der Waals surface area contributed by atoms with Crippen LogP contribution in [0.1, 0.15) is 30.8 Å². The summed E-state index contributed by atoms with van der Waals surface area (Å²) in [4.78, 5) is 19.9. The summed E-state index contributed by atoms with van der Waals surface area (Å²) < 4.78 is 4.98. The number of ketones is 1. The molecule has 0 saturated carbocycles. The molecular formula is C11H14N2O2. The monoisotopic (exact) mass is 206 g/mol. The molecule has 1 heterocycles. The van der Waals surface area contributed by atoms with Crippen molar-refractivity contribution < 1.29 is 9.53 Å². The fourth-order valence-electron chi connectivity index (χ4n) is 1.28. The largest absolute Gasteiger partial charge is 0.479 e. The molecule has 0 spiro atoms. The first-order valence-electron chi connectivity index (χ1n) is 4.79. The molecule has 0 saturated heterocycles. The van der Waals surface area contributed by atoms with Crippen LogP contribution in [0.5, 0.6) is 5.88 Å². The Bertz CT molecular complexity index is 386. The Kier molecular flexibility index (Phi) is 3.97. The number of hydrogen-bond donors (Lipinski definition) is 0. The molecular weight excluding hydrogens is 192 g/mol. The number of methoxy groups -OCH3 is 1. The lowest BCUT2D eigenvalue weighted by molar-refractivity contribution is 0.102. The van der Waals surface area contributed by atoms with E-state index < -0.39 is 0 Å². The van der Waals surface area contributed by atoms with Crippen molar-refractivity contribution in [3.05, 3.63) is 29.7 Å². The Morgan fingerprint density at radius 3 is 2.67 bits per heavy atom. The van der Waals surface area contributed by atoms with Crippen molar-refractivity contribution in [2.24, 2.45) is 0 Å². The van der Waals surface area contributed by atoms with E-state index in [1.54, 1.807) is 6.08 Å². The van der Waals surface area contributed by atoms with Crippen molar-refractivity contribution in [2.75, 3.05) is 7.11 Å². The minimum atomic E-state index is -0.120. The van der Waals surface area contributed by atoms with Gasteiger partial charge in [0.1, 0.15) is 0 Å². The van der Waals surface area contributed by atoms with Gasteiger partial charge in [0.05, 0.1) is 7.11 Å². The van der Waals surface area contributed by atoms with Gasteiger partial charge in [-0.25, -0.2) is 9.97 Å². The molecule has 0 aliphatic rings. The second kappa shape index (κ2) is 5.24. The summed E-state index contributed by atoms with van der Waals surface area (Å²) in [5.74, 6) is 0.153. The predicted molar refractivity (Wildman–Crippen MR) is 57.0 cm³/mol. The lowest BCUT2D eigenvalue weighted by Crippen LogP contribution is -2.08. The third-order valence-electron chi connectivity index (χ3n) is 2.09. The molecule has 0 aliphatic carbocycles. The lowest BCUT2D eigenvalue weighted by atomic mass is 10.1. The fraction of sp³-hybridized carbons (Fsp3) is 0.364. The van der Waals surface area contributed by atoms with Crippen LogP contribution in [-0.4, -0.2) is 22.9 Å². The minimum Gasteiger partial charge on any atom is -0.479 e. The number of rotatable bonds is 4. The van der Waals surface area contributed by atoms with Crippen LogP contribution in [0.25, 0.3) is 0 Å². The Morgan fingerprint density at radius 1 is 1.47 bits per heavy atom. The molecule has 0 unspecified atom stereocenters. The minimum absolute atomic E-state index is 0.120. The Balaban J connectivity index is 3.10. The number of hydrogen-bond acceptors (Lipinski definition) is 4. The van der Waals surface area contributed by atoms with Gasteiger partial charge in [-0.2, -0.15) is 0 Å². The maximum atomic E-state index is 11.9. The summed E-state index contributed by atoms with van der Waals surface area (Å²) in [7, 11) is 1.47. The van der Waals surface area contributed by atoms with Crippen molar-refractivity contribution in [1.82, 2.24) is 9.97 Å². The highest BCUT2D eigenvalue weighted by Crippen LogP contribution is 2.16. The fourth-order valence-corrected chi connectivity index (χ4v) is 1.28. The van der Waals surface area contributed by atoms with E-state index in [1.165, 1.54) is 19.5 Å². The molecule has 1 rings (SSSR count). The van der Waals surface area contributed by atoms with Crippen molar-refractivity contribution >= 4 is 5.78 Å². The van der Waals surface area contributed by atoms with Gasteiger partial charge in [0.2, 0.25) is 11.7 Å². The molecule has 80 valence electrons. The first-order chi connectivity index (χ1) is 7.24. The third-order valence-corrected chi connectivity index (χ3v) is 2.09. The summed E-state index contributed by atoms with van der Waals surface area (Å²) in [6.07, 6.45) is 5.45. The Hall–Kier alpha value is -1.71. The van der Waals surface area contributed by atoms with E-state index in [9.17, 15) is 4.79 Å². The second-order valence-electron chi connectivity index (χ2n) is 2.91. The molecule has 4 heteroatoms. The molecule has 4 nitrogen and oxygen atoms in total. The topological polar surface area (TPSA) is 52.1 Å². The maximum Gasteiger partial charge on any atom is 0.243 e. The molecule has 0 aromatic carbocycles. The molecule has 0 N–H and O–H groups in total. The summed E-state index contributed by atoms with van der Waals surface area (Å²) in [6.45, 7) is 3.76. The molecule has 0 amide bonds. The van der Waals surface area contributed by atoms with Crippen molar-refractivity contribution in [3.63, 3.8) is 0 Å². The number of carbonyl (C=O) groups is 1. The summed E-state index contributed by atoms with van der Waals surface area (Å²) in [6, 6.07) is 0. The van der Waals surface area contributed by atoms with Gasteiger partial charge in [0.15, 0.2) is 5.69 Å². The zero-order valence-electron chi connectivity index (χ0n) is 9.15. The molecule has 0 bridgehead atoms. The summed E-state index contributed by atoms with van der Waals surface area (Å²) in [5, 5.41) is 0. The van der Waals surface area contributed by atoms with Crippen LogP contribution in [0.4, 0.5) is 0 Å². The standard InChI is InChI=1S/C11H14N2O2/c1-4-8(5-2)10(14)9-11(15-3)13-7-6-12-9/h4,6-7H,5H2,1-3H3. The molecule has 1 aromatic rings. The average molecular weight is 206 g/mol. The van der Waals surface area contributed by atoms with Crippen LogP contribution in [0.2, 0.25) is 0 Å². The number of ether oxygens (including phenoxy) is 1. The predicted octanol–water partition coefficient (Wildman–Crippen LogP) is 2.02. The first kappa shape index (κ1) is 11.4. The lowest BCUT2D eigenvalue weighted by Gasteiger charge is -2.05. The van der Waals surface area contributed by atoms with Gasteiger partial charge in [-0.05, 0) is 18.9 Å². The van der Waals surface area contributed by atoms with Crippen LogP contribution in [0.3, 0.4) is 0 Å². The van der Waals surface area contributed by atoms with Crippen LogP contribution in [-0.2, 0) is 0 Å². The smallest absolute Gasteiger partial charge is 0.243 e. The zero-order chi connectivity index (χ0) is 11.3. The van der Waals surface area contributed by atoms with E-state index in [0.29, 0.717) is 12.0 Å². The van der Waals surface area contributed by atoms with Gasteiger partial charge in [-0.1, -0.05) is 13.0 Å². The highest BCUT2D eigenvalue weighted by molar-refractivity contribution is 6.08. The van der Waals surface area contributed by atoms with Crippen molar-refractivity contribution in [3.8, 4) is 5.88 Å². The number of allylic oxidation sites excluding steroid dienone is 2. The highest BCUT2D eigenvalue weighted by Gasteiger charge is 2.17. The van der Waals surface area contributed by atoms with E-state index in [4.69, 9.17) is 4.74 Å². The van der Waals surface area contributed by atoms with E-state index in [1.807, 2.05) is 13.8 Å².